The minimum Gasteiger partial charge on any atom is -0.486 e. The molecule has 2 aromatic rings. The van der Waals surface area contributed by atoms with Crippen molar-refractivity contribution in [2.24, 2.45) is 0 Å². The molecule has 0 saturated heterocycles. The quantitative estimate of drug-likeness (QED) is 0.844. The number of hydrogen-bond acceptors (Lipinski definition) is 5. The van der Waals surface area contributed by atoms with Crippen molar-refractivity contribution in [1.29, 1.82) is 0 Å². The molecule has 2 heterocycles. The Hall–Kier alpha value is -2.05. The van der Waals surface area contributed by atoms with Crippen molar-refractivity contribution in [2.75, 3.05) is 31.8 Å². The van der Waals surface area contributed by atoms with Crippen LogP contribution in [0.25, 0.3) is 0 Å². The zero-order valence-electron chi connectivity index (χ0n) is 13.2. The predicted molar refractivity (Wildman–Crippen MR) is 89.6 cm³/mol. The lowest BCUT2D eigenvalue weighted by molar-refractivity contribution is -0.122. The average molecular weight is 333 g/mol. The molecule has 0 saturated carbocycles. The predicted octanol–water partition coefficient (Wildman–Crippen LogP) is 3.01. The third kappa shape index (κ3) is 3.65. The summed E-state index contributed by atoms with van der Waals surface area (Å²) >= 11 is 1.68. The number of rotatable bonds is 5. The Bertz CT molecular complexity index is 698. The first kappa shape index (κ1) is 15.8. The van der Waals surface area contributed by atoms with Gasteiger partial charge in [0.25, 0.3) is 5.91 Å². The summed E-state index contributed by atoms with van der Waals surface area (Å²) in [5, 5.41) is 0. The third-order valence-electron chi connectivity index (χ3n) is 3.52. The van der Waals surface area contributed by atoms with Crippen LogP contribution in [0.1, 0.15) is 9.75 Å². The number of ether oxygens (including phenoxy) is 3. The molecule has 0 bridgehead atoms. The van der Waals surface area contributed by atoms with E-state index in [9.17, 15) is 4.79 Å². The van der Waals surface area contributed by atoms with Gasteiger partial charge in [-0.25, -0.2) is 0 Å². The van der Waals surface area contributed by atoms with Gasteiger partial charge in [-0.3, -0.25) is 4.79 Å². The number of aryl methyl sites for hydroxylation is 1. The zero-order chi connectivity index (χ0) is 16.2. The van der Waals surface area contributed by atoms with Crippen LogP contribution in [0.2, 0.25) is 0 Å². The van der Waals surface area contributed by atoms with Gasteiger partial charge in [0.15, 0.2) is 11.5 Å². The Kier molecular flexibility index (Phi) is 4.83. The number of thiophene rings is 1. The number of hydrogen-bond donors (Lipinski definition) is 0. The fourth-order valence-electron chi connectivity index (χ4n) is 2.45. The van der Waals surface area contributed by atoms with Crippen LogP contribution < -0.4 is 14.4 Å². The maximum Gasteiger partial charge on any atom is 0.253 e. The molecule has 5 nitrogen and oxygen atoms in total. The van der Waals surface area contributed by atoms with Crippen LogP contribution in [-0.2, 0) is 16.1 Å². The summed E-state index contributed by atoms with van der Waals surface area (Å²) in [7, 11) is 1.52. The summed E-state index contributed by atoms with van der Waals surface area (Å²) in [5.41, 5.74) is 0.780. The van der Waals surface area contributed by atoms with E-state index in [0.717, 1.165) is 10.6 Å². The van der Waals surface area contributed by atoms with E-state index in [1.54, 1.807) is 16.2 Å². The third-order valence-corrected chi connectivity index (χ3v) is 4.50. The van der Waals surface area contributed by atoms with E-state index in [-0.39, 0.29) is 12.5 Å². The van der Waals surface area contributed by atoms with Crippen molar-refractivity contribution in [2.45, 2.75) is 13.5 Å². The van der Waals surface area contributed by atoms with Crippen LogP contribution in [0, 0.1) is 6.92 Å². The number of benzene rings is 1. The van der Waals surface area contributed by atoms with E-state index >= 15 is 0 Å². The first-order chi connectivity index (χ1) is 11.2. The molecule has 122 valence electrons. The molecule has 23 heavy (non-hydrogen) atoms. The fraction of sp³-hybridized carbons (Fsp3) is 0.353. The number of nitrogens with zero attached hydrogens (tertiary/aromatic N) is 1. The van der Waals surface area contributed by atoms with Gasteiger partial charge in [0, 0.05) is 28.6 Å². The van der Waals surface area contributed by atoms with Gasteiger partial charge in [-0.15, -0.1) is 11.3 Å². The highest BCUT2D eigenvalue weighted by Crippen LogP contribution is 2.34. The number of carbonyl (C=O) groups excluding carboxylic acids is 1. The minimum absolute atomic E-state index is 0.0405. The van der Waals surface area contributed by atoms with E-state index in [1.807, 2.05) is 24.3 Å². The summed E-state index contributed by atoms with van der Waals surface area (Å²) in [4.78, 5) is 16.5. The molecule has 1 amide bonds. The molecule has 3 rings (SSSR count). The van der Waals surface area contributed by atoms with Crippen molar-refractivity contribution < 1.29 is 19.0 Å². The molecule has 0 atom stereocenters. The van der Waals surface area contributed by atoms with Crippen molar-refractivity contribution >= 4 is 22.9 Å². The van der Waals surface area contributed by atoms with Crippen molar-refractivity contribution in [1.82, 2.24) is 0 Å². The molecule has 6 heteroatoms. The molecular weight excluding hydrogens is 314 g/mol. The van der Waals surface area contributed by atoms with E-state index in [1.165, 1.54) is 12.0 Å². The second-order valence-corrected chi connectivity index (χ2v) is 6.63. The van der Waals surface area contributed by atoms with Gasteiger partial charge in [0.05, 0.1) is 6.54 Å². The standard InChI is InChI=1S/C17H19NO4S/c1-12-3-5-14(23-12)10-18(17(19)11-20-2)13-4-6-15-16(9-13)22-8-7-21-15/h3-6,9H,7-8,10-11H2,1-2H3. The maximum atomic E-state index is 12.5. The lowest BCUT2D eigenvalue weighted by atomic mass is 10.2. The number of amides is 1. The topological polar surface area (TPSA) is 48.0 Å². The van der Waals surface area contributed by atoms with Gasteiger partial charge in [0.1, 0.15) is 19.8 Å². The molecule has 0 spiro atoms. The summed E-state index contributed by atoms with van der Waals surface area (Å²) in [5.74, 6) is 1.30. The van der Waals surface area contributed by atoms with E-state index < -0.39 is 0 Å². The Morgan fingerprint density at radius 1 is 1.22 bits per heavy atom. The highest BCUT2D eigenvalue weighted by atomic mass is 32.1. The van der Waals surface area contributed by atoms with Crippen LogP contribution in [0.4, 0.5) is 5.69 Å². The summed E-state index contributed by atoms with van der Waals surface area (Å²) in [6.45, 7) is 3.68. The molecule has 1 aromatic heterocycles. The number of anilines is 1. The smallest absolute Gasteiger partial charge is 0.253 e. The van der Waals surface area contributed by atoms with E-state index in [0.29, 0.717) is 31.3 Å². The van der Waals surface area contributed by atoms with Crippen molar-refractivity contribution in [3.63, 3.8) is 0 Å². The lowest BCUT2D eigenvalue weighted by Gasteiger charge is -2.25. The minimum atomic E-state index is -0.0877. The molecule has 1 aliphatic heterocycles. The second kappa shape index (κ2) is 7.02. The van der Waals surface area contributed by atoms with Crippen molar-refractivity contribution in [3.8, 4) is 11.5 Å². The van der Waals surface area contributed by atoms with Gasteiger partial charge in [-0.05, 0) is 31.2 Å². The first-order valence-electron chi connectivity index (χ1n) is 7.41. The Morgan fingerprint density at radius 3 is 2.70 bits per heavy atom. The fourth-order valence-corrected chi connectivity index (χ4v) is 3.33. The average Bonchev–Trinajstić information content (AvgIpc) is 2.97. The van der Waals surface area contributed by atoms with E-state index in [2.05, 4.69) is 13.0 Å². The molecule has 0 N–H and O–H groups in total. The van der Waals surface area contributed by atoms with Crippen molar-refractivity contribution in [3.05, 3.63) is 40.1 Å². The summed E-state index contributed by atoms with van der Waals surface area (Å²) in [6.07, 6.45) is 0. The SMILES string of the molecule is COCC(=O)N(Cc1ccc(C)s1)c1ccc2c(c1)OCCO2. The monoisotopic (exact) mass is 333 g/mol. The van der Waals surface area contributed by atoms with Crippen LogP contribution in [0.3, 0.4) is 0 Å². The number of fused-ring (bicyclic) bond motifs is 1. The Morgan fingerprint density at radius 2 is 2.00 bits per heavy atom. The van der Waals surface area contributed by atoms with Gasteiger partial charge in [-0.2, -0.15) is 0 Å². The number of methoxy groups -OCH3 is 1. The first-order valence-corrected chi connectivity index (χ1v) is 8.23. The second-order valence-electron chi connectivity index (χ2n) is 5.25. The van der Waals surface area contributed by atoms with Crippen LogP contribution in [0.15, 0.2) is 30.3 Å². The molecule has 1 aliphatic rings. The molecule has 0 fully saturated rings. The van der Waals surface area contributed by atoms with Gasteiger partial charge < -0.3 is 19.1 Å². The molecule has 0 unspecified atom stereocenters. The van der Waals surface area contributed by atoms with Gasteiger partial charge >= 0.3 is 0 Å². The lowest BCUT2D eigenvalue weighted by Crippen LogP contribution is -2.33. The van der Waals surface area contributed by atoms with Gasteiger partial charge in [-0.1, -0.05) is 0 Å². The molecule has 0 radical (unpaired) electrons. The summed E-state index contributed by atoms with van der Waals surface area (Å²) < 4.78 is 16.2. The number of carbonyl (C=O) groups is 1. The zero-order valence-corrected chi connectivity index (χ0v) is 14.0. The largest absolute Gasteiger partial charge is 0.486 e. The van der Waals surface area contributed by atoms with Gasteiger partial charge in [0.2, 0.25) is 0 Å². The molecule has 1 aromatic carbocycles. The normalized spacial score (nSPS) is 13.0. The Balaban J connectivity index is 1.89. The Labute approximate surface area is 139 Å². The highest BCUT2D eigenvalue weighted by molar-refractivity contribution is 7.11. The summed E-state index contributed by atoms with van der Waals surface area (Å²) in [6, 6.07) is 9.68. The highest BCUT2D eigenvalue weighted by Gasteiger charge is 2.20. The molecule has 0 aliphatic carbocycles. The van der Waals surface area contributed by atoms with Crippen LogP contribution >= 0.6 is 11.3 Å². The van der Waals surface area contributed by atoms with E-state index in [4.69, 9.17) is 14.2 Å². The van der Waals surface area contributed by atoms with Crippen LogP contribution in [0.5, 0.6) is 11.5 Å². The van der Waals surface area contributed by atoms with Crippen LogP contribution in [-0.4, -0.2) is 32.8 Å². The molecular formula is C17H19NO4S. The maximum absolute atomic E-state index is 12.5.